The maximum Gasteiger partial charge on any atom is 0.255 e. The van der Waals surface area contributed by atoms with E-state index in [1.165, 1.54) is 0 Å². The van der Waals surface area contributed by atoms with Gasteiger partial charge in [0.1, 0.15) is 23.7 Å². The summed E-state index contributed by atoms with van der Waals surface area (Å²) in [5.74, 6) is 1.84. The Labute approximate surface area is 121 Å². The molecule has 0 radical (unpaired) electrons. The number of ether oxygens (including phenoxy) is 1. The van der Waals surface area contributed by atoms with Crippen LogP contribution < -0.4 is 5.32 Å². The molecule has 1 aliphatic heterocycles. The Bertz CT molecular complexity index is 663. The van der Waals surface area contributed by atoms with Gasteiger partial charge in [0.2, 0.25) is 0 Å². The Hall–Kier alpha value is -2.46. The van der Waals surface area contributed by atoms with E-state index in [0.717, 1.165) is 12.8 Å². The van der Waals surface area contributed by atoms with Crippen molar-refractivity contribution in [3.8, 4) is 6.07 Å². The van der Waals surface area contributed by atoms with Gasteiger partial charge in [0, 0.05) is 6.54 Å². The zero-order chi connectivity index (χ0) is 14.7. The zero-order valence-electron chi connectivity index (χ0n) is 11.6. The van der Waals surface area contributed by atoms with E-state index in [0.29, 0.717) is 29.8 Å². The monoisotopic (exact) mass is 285 g/mol. The Balaban J connectivity index is 1.54. The Morgan fingerprint density at radius 3 is 3.05 bits per heavy atom. The van der Waals surface area contributed by atoms with E-state index in [2.05, 4.69) is 20.4 Å². The molecule has 0 unspecified atom stereocenters. The summed E-state index contributed by atoms with van der Waals surface area (Å²) in [6, 6.07) is 7.32. The lowest BCUT2D eigenvalue weighted by atomic mass is 10.2. The molecular formula is C14H15N5O2. The number of nitriles is 1. The van der Waals surface area contributed by atoms with E-state index in [4.69, 9.17) is 14.5 Å². The molecule has 3 heterocycles. The summed E-state index contributed by atoms with van der Waals surface area (Å²) in [7, 11) is 0. The molecule has 2 aromatic rings. The van der Waals surface area contributed by atoms with Crippen molar-refractivity contribution < 1.29 is 9.26 Å². The van der Waals surface area contributed by atoms with E-state index < -0.39 is 0 Å². The molecule has 0 aliphatic carbocycles. The van der Waals surface area contributed by atoms with Crippen LogP contribution in [-0.2, 0) is 4.74 Å². The fraction of sp³-hybridized carbons (Fsp3) is 0.429. The highest BCUT2D eigenvalue weighted by Crippen LogP contribution is 2.31. The molecule has 1 fully saturated rings. The molecule has 3 rings (SSSR count). The molecule has 2 aromatic heterocycles. The van der Waals surface area contributed by atoms with Gasteiger partial charge in [0.15, 0.2) is 5.82 Å². The maximum atomic E-state index is 8.82. The van der Waals surface area contributed by atoms with Crippen LogP contribution in [0.2, 0.25) is 0 Å². The third-order valence-corrected chi connectivity index (χ3v) is 3.30. The van der Waals surface area contributed by atoms with Crippen molar-refractivity contribution in [1.82, 2.24) is 15.1 Å². The Morgan fingerprint density at radius 1 is 1.38 bits per heavy atom. The number of anilines is 1. The van der Waals surface area contributed by atoms with Crippen molar-refractivity contribution in [3.05, 3.63) is 35.6 Å². The first-order chi connectivity index (χ1) is 10.2. The fourth-order valence-corrected chi connectivity index (χ4v) is 2.30. The van der Waals surface area contributed by atoms with Gasteiger partial charge in [0.25, 0.3) is 5.89 Å². The lowest BCUT2D eigenvalue weighted by molar-refractivity contribution is 0.0326. The summed E-state index contributed by atoms with van der Waals surface area (Å²) in [5, 5.41) is 15.8. The van der Waals surface area contributed by atoms with E-state index in [1.54, 1.807) is 19.1 Å². The second kappa shape index (κ2) is 5.89. The second-order valence-corrected chi connectivity index (χ2v) is 4.90. The SMILES string of the molecule is Cc1noc([C@@H]2CC[C@H](CNc3cccc(C#N)n3)O2)n1. The van der Waals surface area contributed by atoms with Crippen LogP contribution in [0.25, 0.3) is 0 Å². The predicted octanol–water partition coefficient (Wildman–Crippen LogP) is 1.98. The molecule has 7 nitrogen and oxygen atoms in total. The molecule has 0 amide bonds. The summed E-state index contributed by atoms with van der Waals surface area (Å²) >= 11 is 0. The van der Waals surface area contributed by atoms with Crippen molar-refractivity contribution in [3.63, 3.8) is 0 Å². The van der Waals surface area contributed by atoms with Crippen LogP contribution in [0.3, 0.4) is 0 Å². The van der Waals surface area contributed by atoms with Crippen LogP contribution in [-0.4, -0.2) is 27.8 Å². The molecule has 0 spiro atoms. The number of aryl methyl sites for hydroxylation is 1. The van der Waals surface area contributed by atoms with Crippen LogP contribution >= 0.6 is 0 Å². The molecule has 108 valence electrons. The zero-order valence-corrected chi connectivity index (χ0v) is 11.6. The van der Waals surface area contributed by atoms with Crippen LogP contribution in [0, 0.1) is 18.3 Å². The molecule has 0 aromatic carbocycles. The average Bonchev–Trinajstić information content (AvgIpc) is 3.14. The first-order valence-corrected chi connectivity index (χ1v) is 6.81. The largest absolute Gasteiger partial charge is 0.367 e. The summed E-state index contributed by atoms with van der Waals surface area (Å²) in [6.45, 7) is 2.42. The Kier molecular flexibility index (Phi) is 3.79. The van der Waals surface area contributed by atoms with Crippen molar-refractivity contribution in [2.75, 3.05) is 11.9 Å². The minimum absolute atomic E-state index is 0.0646. The van der Waals surface area contributed by atoms with Crippen molar-refractivity contribution in [2.45, 2.75) is 32.0 Å². The third-order valence-electron chi connectivity index (χ3n) is 3.30. The minimum atomic E-state index is -0.128. The second-order valence-electron chi connectivity index (χ2n) is 4.90. The molecule has 1 saturated heterocycles. The van der Waals surface area contributed by atoms with Crippen molar-refractivity contribution in [2.24, 2.45) is 0 Å². The van der Waals surface area contributed by atoms with Crippen molar-refractivity contribution >= 4 is 5.82 Å². The summed E-state index contributed by atoms with van der Waals surface area (Å²) in [6.07, 6.45) is 1.71. The first kappa shape index (κ1) is 13.5. The van der Waals surface area contributed by atoms with Gasteiger partial charge in [-0.3, -0.25) is 0 Å². The van der Waals surface area contributed by atoms with Gasteiger partial charge in [-0.25, -0.2) is 4.98 Å². The molecule has 21 heavy (non-hydrogen) atoms. The number of hydrogen-bond acceptors (Lipinski definition) is 7. The number of aromatic nitrogens is 3. The number of nitrogens with zero attached hydrogens (tertiary/aromatic N) is 4. The van der Waals surface area contributed by atoms with Crippen LogP contribution in [0.15, 0.2) is 22.7 Å². The Morgan fingerprint density at radius 2 is 2.29 bits per heavy atom. The van der Waals surface area contributed by atoms with Gasteiger partial charge in [-0.15, -0.1) is 0 Å². The summed E-state index contributed by atoms with van der Waals surface area (Å²) < 4.78 is 11.0. The van der Waals surface area contributed by atoms with Crippen molar-refractivity contribution in [1.29, 1.82) is 5.26 Å². The lowest BCUT2D eigenvalue weighted by Crippen LogP contribution is -2.19. The molecule has 0 bridgehead atoms. The quantitative estimate of drug-likeness (QED) is 0.917. The van der Waals surface area contributed by atoms with Crippen LogP contribution in [0.1, 0.15) is 36.4 Å². The highest BCUT2D eigenvalue weighted by Gasteiger charge is 2.30. The van der Waals surface area contributed by atoms with Crippen LogP contribution in [0.4, 0.5) is 5.82 Å². The van der Waals surface area contributed by atoms with Gasteiger partial charge in [0.05, 0.1) is 6.10 Å². The minimum Gasteiger partial charge on any atom is -0.367 e. The van der Waals surface area contributed by atoms with E-state index >= 15 is 0 Å². The molecule has 1 N–H and O–H groups in total. The number of pyridine rings is 1. The van der Waals surface area contributed by atoms with Gasteiger partial charge in [-0.2, -0.15) is 10.2 Å². The lowest BCUT2D eigenvalue weighted by Gasteiger charge is -2.12. The highest BCUT2D eigenvalue weighted by atomic mass is 16.5. The maximum absolute atomic E-state index is 8.82. The van der Waals surface area contributed by atoms with E-state index in [1.807, 2.05) is 12.1 Å². The predicted molar refractivity (Wildman–Crippen MR) is 73.3 cm³/mol. The number of rotatable bonds is 4. The summed E-state index contributed by atoms with van der Waals surface area (Å²) in [5.41, 5.74) is 0.395. The van der Waals surface area contributed by atoms with Gasteiger partial charge in [-0.1, -0.05) is 11.2 Å². The van der Waals surface area contributed by atoms with E-state index in [-0.39, 0.29) is 12.2 Å². The number of hydrogen-bond donors (Lipinski definition) is 1. The van der Waals surface area contributed by atoms with Gasteiger partial charge < -0.3 is 14.6 Å². The fourth-order valence-electron chi connectivity index (χ4n) is 2.30. The van der Waals surface area contributed by atoms with Gasteiger partial charge >= 0.3 is 0 Å². The number of nitrogens with one attached hydrogen (secondary N) is 1. The molecular weight excluding hydrogens is 270 g/mol. The third kappa shape index (κ3) is 3.17. The standard InChI is InChI=1S/C14H15N5O2/c1-9-17-14(21-19-9)12-6-5-11(20-12)8-16-13-4-2-3-10(7-15)18-13/h2-4,11-12H,5-6,8H2,1H3,(H,16,18)/t11-,12+/m1/s1. The average molecular weight is 285 g/mol. The molecule has 0 saturated carbocycles. The van der Waals surface area contributed by atoms with Gasteiger partial charge in [-0.05, 0) is 31.9 Å². The normalized spacial score (nSPS) is 21.1. The molecule has 7 heteroatoms. The molecule has 1 aliphatic rings. The van der Waals surface area contributed by atoms with E-state index in [9.17, 15) is 0 Å². The molecule has 2 atom stereocenters. The highest BCUT2D eigenvalue weighted by molar-refractivity contribution is 5.38. The smallest absolute Gasteiger partial charge is 0.255 e. The van der Waals surface area contributed by atoms with Crippen LogP contribution in [0.5, 0.6) is 0 Å². The summed E-state index contributed by atoms with van der Waals surface area (Å²) in [4.78, 5) is 8.36. The first-order valence-electron chi connectivity index (χ1n) is 6.81. The topological polar surface area (TPSA) is 96.9 Å².